The number of anilines is 1. The maximum Gasteiger partial charge on any atom is 0.270 e. The number of hydrogen-bond acceptors (Lipinski definition) is 6. The van der Waals surface area contributed by atoms with Crippen LogP contribution in [0.15, 0.2) is 45.8 Å². The van der Waals surface area contributed by atoms with E-state index in [1.165, 1.54) is 4.57 Å². The number of nitriles is 1. The molecule has 3 heterocycles. The molecule has 4 rings (SSSR count). The number of aryl methyl sites for hydroxylation is 1. The number of aromatic nitrogens is 2. The summed E-state index contributed by atoms with van der Waals surface area (Å²) in [7, 11) is 1.66. The number of aromatic hydroxyl groups is 1. The van der Waals surface area contributed by atoms with Gasteiger partial charge >= 0.3 is 0 Å². The molecule has 1 saturated heterocycles. The Bertz CT molecular complexity index is 1180. The molecular weight excluding hydrogens is 434 g/mol. The quantitative estimate of drug-likeness (QED) is 0.613. The van der Waals surface area contributed by atoms with E-state index < -0.39 is 0 Å². The fourth-order valence-electron chi connectivity index (χ4n) is 3.79. The normalized spacial score (nSPS) is 14.9. The minimum atomic E-state index is -0.309. The minimum Gasteiger partial charge on any atom is -0.508 e. The van der Waals surface area contributed by atoms with E-state index in [2.05, 4.69) is 36.8 Å². The third-order valence-corrected chi connectivity index (χ3v) is 5.81. The summed E-state index contributed by atoms with van der Waals surface area (Å²) in [6, 6.07) is 13.1. The number of halogens is 1. The maximum atomic E-state index is 12.7. The summed E-state index contributed by atoms with van der Waals surface area (Å²) < 4.78 is 2.14. The van der Waals surface area contributed by atoms with Gasteiger partial charge in [0.25, 0.3) is 5.56 Å². The first kappa shape index (κ1) is 19.4. The molecule has 0 bridgehead atoms. The van der Waals surface area contributed by atoms with Gasteiger partial charge in [-0.25, -0.2) is 4.98 Å². The van der Waals surface area contributed by atoms with Crippen LogP contribution in [0.4, 0.5) is 5.69 Å². The van der Waals surface area contributed by atoms with Crippen molar-refractivity contribution in [2.75, 3.05) is 31.1 Å². The van der Waals surface area contributed by atoms with Crippen LogP contribution < -0.4 is 10.5 Å². The SMILES string of the molecule is Cn1c(=O)c(C#N)c(N2CCN(Cc3ccccc3O)CC2)c2nc(Br)ccc21. The largest absolute Gasteiger partial charge is 0.508 e. The van der Waals surface area contributed by atoms with Gasteiger partial charge in [-0.15, -0.1) is 0 Å². The highest BCUT2D eigenvalue weighted by atomic mass is 79.9. The van der Waals surface area contributed by atoms with E-state index in [1.807, 2.05) is 24.3 Å². The summed E-state index contributed by atoms with van der Waals surface area (Å²) in [4.78, 5) is 21.6. The summed E-state index contributed by atoms with van der Waals surface area (Å²) in [5.74, 6) is 0.299. The Morgan fingerprint density at radius 1 is 1.17 bits per heavy atom. The topological polar surface area (TPSA) is 85.4 Å². The number of phenolic OH excluding ortho intramolecular Hbond substituents is 1. The predicted molar refractivity (Wildman–Crippen MR) is 115 cm³/mol. The second kappa shape index (κ2) is 7.85. The summed E-state index contributed by atoms with van der Waals surface area (Å²) in [6.45, 7) is 3.50. The number of rotatable bonds is 3. The van der Waals surface area contributed by atoms with E-state index in [4.69, 9.17) is 0 Å². The summed E-state index contributed by atoms with van der Waals surface area (Å²) >= 11 is 3.40. The van der Waals surface area contributed by atoms with Crippen molar-refractivity contribution in [2.45, 2.75) is 6.54 Å². The molecule has 0 unspecified atom stereocenters. The zero-order valence-corrected chi connectivity index (χ0v) is 17.6. The van der Waals surface area contributed by atoms with Crippen LogP contribution in [0.5, 0.6) is 5.75 Å². The van der Waals surface area contributed by atoms with Crippen LogP contribution in [0.3, 0.4) is 0 Å². The lowest BCUT2D eigenvalue weighted by atomic mass is 10.1. The number of benzene rings is 1. The molecule has 0 aliphatic carbocycles. The van der Waals surface area contributed by atoms with E-state index >= 15 is 0 Å². The van der Waals surface area contributed by atoms with Gasteiger partial charge in [-0.3, -0.25) is 9.69 Å². The van der Waals surface area contributed by atoms with Gasteiger partial charge in [0.1, 0.15) is 27.5 Å². The molecule has 1 aliphatic heterocycles. The smallest absolute Gasteiger partial charge is 0.270 e. The molecule has 1 fully saturated rings. The molecule has 29 heavy (non-hydrogen) atoms. The average molecular weight is 454 g/mol. The molecule has 148 valence electrons. The zero-order valence-electron chi connectivity index (χ0n) is 16.0. The molecule has 0 radical (unpaired) electrons. The standard InChI is InChI=1S/C21H20BrN5O2/c1-25-16-6-7-18(22)24-19(16)20(15(12-23)21(25)29)27-10-8-26(9-11-27)13-14-4-2-3-5-17(14)28/h2-7,28H,8-11,13H2,1H3. The fraction of sp³-hybridized carbons (Fsp3) is 0.286. The minimum absolute atomic E-state index is 0.125. The van der Waals surface area contributed by atoms with E-state index in [1.54, 1.807) is 19.2 Å². The van der Waals surface area contributed by atoms with Crippen molar-refractivity contribution in [3.63, 3.8) is 0 Å². The number of para-hydroxylation sites is 1. The Morgan fingerprint density at radius 2 is 1.90 bits per heavy atom. The lowest BCUT2D eigenvalue weighted by Crippen LogP contribution is -2.47. The molecule has 0 spiro atoms. The van der Waals surface area contributed by atoms with Crippen molar-refractivity contribution in [1.29, 1.82) is 5.26 Å². The Morgan fingerprint density at radius 3 is 2.59 bits per heavy atom. The first-order chi connectivity index (χ1) is 14.0. The van der Waals surface area contributed by atoms with Gasteiger partial charge in [0.15, 0.2) is 0 Å². The Hall–Kier alpha value is -2.89. The van der Waals surface area contributed by atoms with Crippen LogP contribution in [-0.2, 0) is 13.6 Å². The first-order valence-electron chi connectivity index (χ1n) is 9.33. The summed E-state index contributed by atoms with van der Waals surface area (Å²) in [6.07, 6.45) is 0. The van der Waals surface area contributed by atoms with Crippen molar-refractivity contribution in [3.05, 3.63) is 62.5 Å². The number of phenols is 1. The van der Waals surface area contributed by atoms with Crippen LogP contribution in [0, 0.1) is 11.3 Å². The number of hydrogen-bond donors (Lipinski definition) is 1. The Kier molecular flexibility index (Phi) is 5.26. The number of pyridine rings is 2. The van der Waals surface area contributed by atoms with Gasteiger partial charge in [0.05, 0.1) is 11.2 Å². The monoisotopic (exact) mass is 453 g/mol. The van der Waals surface area contributed by atoms with Gasteiger partial charge in [0.2, 0.25) is 0 Å². The van der Waals surface area contributed by atoms with E-state index in [-0.39, 0.29) is 11.1 Å². The second-order valence-corrected chi connectivity index (χ2v) is 7.91. The van der Waals surface area contributed by atoms with Crippen molar-refractivity contribution < 1.29 is 5.11 Å². The second-order valence-electron chi connectivity index (χ2n) is 7.09. The lowest BCUT2D eigenvalue weighted by molar-refractivity contribution is 0.247. The zero-order chi connectivity index (χ0) is 20.5. The van der Waals surface area contributed by atoms with Gasteiger partial charge in [-0.2, -0.15) is 5.26 Å². The number of fused-ring (bicyclic) bond motifs is 1. The Labute approximate surface area is 176 Å². The van der Waals surface area contributed by atoms with E-state index in [9.17, 15) is 15.2 Å². The maximum absolute atomic E-state index is 12.7. The third-order valence-electron chi connectivity index (χ3n) is 5.37. The molecule has 1 aliphatic rings. The Balaban J connectivity index is 1.66. The van der Waals surface area contributed by atoms with Crippen molar-refractivity contribution >= 4 is 32.7 Å². The molecule has 3 aromatic rings. The summed E-state index contributed by atoms with van der Waals surface area (Å²) in [5, 5.41) is 19.7. The average Bonchev–Trinajstić information content (AvgIpc) is 2.73. The number of piperazine rings is 1. The molecule has 2 aromatic heterocycles. The van der Waals surface area contributed by atoms with Crippen LogP contribution in [0.2, 0.25) is 0 Å². The van der Waals surface area contributed by atoms with E-state index in [0.29, 0.717) is 46.7 Å². The highest BCUT2D eigenvalue weighted by Crippen LogP contribution is 2.29. The van der Waals surface area contributed by atoms with Crippen LogP contribution in [0.1, 0.15) is 11.1 Å². The number of nitrogens with zero attached hydrogens (tertiary/aromatic N) is 5. The molecule has 1 N–H and O–H groups in total. The van der Waals surface area contributed by atoms with Gasteiger partial charge in [-0.05, 0) is 34.1 Å². The van der Waals surface area contributed by atoms with Gasteiger partial charge < -0.3 is 14.6 Å². The van der Waals surface area contributed by atoms with E-state index in [0.717, 1.165) is 18.7 Å². The van der Waals surface area contributed by atoms with Crippen LogP contribution in [0.25, 0.3) is 11.0 Å². The summed E-state index contributed by atoms with van der Waals surface area (Å²) in [5.41, 5.74) is 2.66. The highest BCUT2D eigenvalue weighted by molar-refractivity contribution is 9.10. The van der Waals surface area contributed by atoms with Gasteiger partial charge in [-0.1, -0.05) is 18.2 Å². The molecule has 0 amide bonds. The predicted octanol–water partition coefficient (Wildman–Crippen LogP) is 2.60. The third kappa shape index (κ3) is 3.59. The fourth-order valence-corrected chi connectivity index (χ4v) is 4.10. The van der Waals surface area contributed by atoms with Crippen molar-refractivity contribution in [3.8, 4) is 11.8 Å². The lowest BCUT2D eigenvalue weighted by Gasteiger charge is -2.36. The first-order valence-corrected chi connectivity index (χ1v) is 10.1. The molecule has 1 aromatic carbocycles. The van der Waals surface area contributed by atoms with Crippen molar-refractivity contribution in [2.24, 2.45) is 7.05 Å². The van der Waals surface area contributed by atoms with Crippen LogP contribution >= 0.6 is 15.9 Å². The van der Waals surface area contributed by atoms with Crippen molar-refractivity contribution in [1.82, 2.24) is 14.5 Å². The highest BCUT2D eigenvalue weighted by Gasteiger charge is 2.25. The molecule has 0 saturated carbocycles. The molecule has 8 heteroatoms. The van der Waals surface area contributed by atoms with Crippen LogP contribution in [-0.4, -0.2) is 45.7 Å². The van der Waals surface area contributed by atoms with Gasteiger partial charge in [0, 0.05) is 45.3 Å². The molecular formula is C21H20BrN5O2. The molecule has 0 atom stereocenters. The molecule has 7 nitrogen and oxygen atoms in total.